The van der Waals surface area contributed by atoms with Crippen molar-refractivity contribution in [2.24, 2.45) is 10.9 Å². The van der Waals surface area contributed by atoms with Crippen LogP contribution < -0.4 is 10.5 Å². The first-order valence-electron chi connectivity index (χ1n) is 6.40. The average molecular weight is 284 g/mol. The van der Waals surface area contributed by atoms with Crippen molar-refractivity contribution in [1.29, 1.82) is 0 Å². The van der Waals surface area contributed by atoms with E-state index in [1.54, 1.807) is 12.1 Å². The summed E-state index contributed by atoms with van der Waals surface area (Å²) in [6.45, 7) is 0. The lowest BCUT2D eigenvalue weighted by Crippen LogP contribution is -2.23. The van der Waals surface area contributed by atoms with Gasteiger partial charge in [-0.05, 0) is 18.2 Å². The molecule has 5 nitrogen and oxygen atoms in total. The second-order valence-electron chi connectivity index (χ2n) is 4.27. The fraction of sp³-hybridized carbons (Fsp3) is 0.125. The van der Waals surface area contributed by atoms with Crippen LogP contribution in [0.2, 0.25) is 0 Å². The second-order valence-corrected chi connectivity index (χ2v) is 4.27. The Morgan fingerprint density at radius 3 is 2.48 bits per heavy atom. The summed E-state index contributed by atoms with van der Waals surface area (Å²) < 4.78 is 5.81. The van der Waals surface area contributed by atoms with Gasteiger partial charge in [-0.2, -0.15) is 0 Å². The molecular weight excluding hydrogens is 268 g/mol. The van der Waals surface area contributed by atoms with Crippen LogP contribution in [0, 0.1) is 0 Å². The van der Waals surface area contributed by atoms with Gasteiger partial charge in [-0.3, -0.25) is 4.79 Å². The van der Waals surface area contributed by atoms with Crippen LogP contribution in [0.25, 0.3) is 0 Å². The van der Waals surface area contributed by atoms with Gasteiger partial charge in [-0.15, -0.1) is 0 Å². The maximum atomic E-state index is 11.6. The second kappa shape index (κ2) is 7.09. The smallest absolute Gasteiger partial charge is 0.230 e. The van der Waals surface area contributed by atoms with Crippen molar-refractivity contribution >= 4 is 12.1 Å². The van der Waals surface area contributed by atoms with E-state index in [2.05, 4.69) is 9.99 Å². The number of oxime groups is 1. The summed E-state index contributed by atoms with van der Waals surface area (Å²) in [7, 11) is 1.40. The largest absolute Gasteiger partial charge is 0.457 e. The lowest BCUT2D eigenvalue weighted by molar-refractivity contribution is -0.118. The van der Waals surface area contributed by atoms with E-state index in [1.807, 2.05) is 42.5 Å². The molecule has 2 aromatic rings. The SMILES string of the molecule is CO/N=C/C(C(N)=O)c1ccccc1Oc1ccccc1. The molecule has 1 unspecified atom stereocenters. The molecule has 0 fully saturated rings. The number of nitrogens with zero attached hydrogens (tertiary/aromatic N) is 1. The Morgan fingerprint density at radius 1 is 1.14 bits per heavy atom. The molecule has 0 aromatic heterocycles. The third-order valence-corrected chi connectivity index (χ3v) is 2.85. The van der Waals surface area contributed by atoms with Gasteiger partial charge in [0.05, 0.1) is 6.21 Å². The molecule has 2 rings (SSSR count). The highest BCUT2D eigenvalue weighted by Crippen LogP contribution is 2.29. The monoisotopic (exact) mass is 284 g/mol. The average Bonchev–Trinajstić information content (AvgIpc) is 2.50. The van der Waals surface area contributed by atoms with Crippen LogP contribution in [0.1, 0.15) is 11.5 Å². The van der Waals surface area contributed by atoms with Gasteiger partial charge in [0.15, 0.2) is 0 Å². The highest BCUT2D eigenvalue weighted by Gasteiger charge is 2.20. The Morgan fingerprint density at radius 2 is 1.81 bits per heavy atom. The summed E-state index contributed by atoms with van der Waals surface area (Å²) >= 11 is 0. The number of ether oxygens (including phenoxy) is 1. The number of nitrogens with two attached hydrogens (primary N) is 1. The molecular formula is C16H16N2O3. The van der Waals surface area contributed by atoms with Crippen molar-refractivity contribution < 1.29 is 14.4 Å². The molecule has 2 aromatic carbocycles. The first kappa shape index (κ1) is 14.6. The molecule has 0 saturated heterocycles. The minimum absolute atomic E-state index is 0.528. The van der Waals surface area contributed by atoms with Gasteiger partial charge in [0.2, 0.25) is 5.91 Å². The number of hydrogen-bond donors (Lipinski definition) is 1. The Bertz CT molecular complexity index is 626. The van der Waals surface area contributed by atoms with E-state index in [0.717, 1.165) is 0 Å². The maximum Gasteiger partial charge on any atom is 0.230 e. The third kappa shape index (κ3) is 3.82. The summed E-state index contributed by atoms with van der Waals surface area (Å²) in [5.41, 5.74) is 6.06. The van der Waals surface area contributed by atoms with E-state index < -0.39 is 11.8 Å². The molecule has 1 atom stereocenters. The van der Waals surface area contributed by atoms with Crippen LogP contribution in [-0.2, 0) is 9.63 Å². The third-order valence-electron chi connectivity index (χ3n) is 2.85. The van der Waals surface area contributed by atoms with Crippen molar-refractivity contribution in [1.82, 2.24) is 0 Å². The molecule has 2 N–H and O–H groups in total. The number of hydrogen-bond acceptors (Lipinski definition) is 4. The van der Waals surface area contributed by atoms with Crippen molar-refractivity contribution in [3.8, 4) is 11.5 Å². The summed E-state index contributed by atoms with van der Waals surface area (Å²) in [6.07, 6.45) is 1.36. The number of para-hydroxylation sites is 2. The Kier molecular flexibility index (Phi) is 4.93. The molecule has 0 heterocycles. The van der Waals surface area contributed by atoms with Crippen molar-refractivity contribution in [2.45, 2.75) is 5.92 Å². The van der Waals surface area contributed by atoms with E-state index in [4.69, 9.17) is 10.5 Å². The minimum Gasteiger partial charge on any atom is -0.457 e. The number of carbonyl (C=O) groups excluding carboxylic acids is 1. The number of carbonyl (C=O) groups is 1. The zero-order valence-corrected chi connectivity index (χ0v) is 11.6. The lowest BCUT2D eigenvalue weighted by atomic mass is 9.99. The number of primary amides is 1. The van der Waals surface area contributed by atoms with E-state index in [-0.39, 0.29) is 0 Å². The molecule has 0 aliphatic carbocycles. The summed E-state index contributed by atoms with van der Waals surface area (Å²) in [6, 6.07) is 16.5. The van der Waals surface area contributed by atoms with Crippen LogP contribution in [0.4, 0.5) is 0 Å². The predicted octanol–water partition coefficient (Wildman–Crippen LogP) is 2.68. The summed E-state index contributed by atoms with van der Waals surface area (Å²) in [4.78, 5) is 16.3. The van der Waals surface area contributed by atoms with Crippen LogP contribution >= 0.6 is 0 Å². The van der Waals surface area contributed by atoms with E-state index in [9.17, 15) is 4.79 Å². The standard InChI is InChI=1S/C16H16N2O3/c1-20-18-11-14(16(17)19)13-9-5-6-10-15(13)21-12-7-3-2-4-8-12/h2-11,14H,1H3,(H2,17,19)/b18-11+. The zero-order chi connectivity index (χ0) is 15.1. The van der Waals surface area contributed by atoms with Gasteiger partial charge in [0.1, 0.15) is 24.5 Å². The molecule has 21 heavy (non-hydrogen) atoms. The fourth-order valence-electron chi connectivity index (χ4n) is 1.87. The van der Waals surface area contributed by atoms with Gasteiger partial charge in [-0.25, -0.2) is 0 Å². The van der Waals surface area contributed by atoms with E-state index in [0.29, 0.717) is 17.1 Å². The highest BCUT2D eigenvalue weighted by molar-refractivity contribution is 5.98. The Labute approximate surface area is 123 Å². The molecule has 0 aliphatic heterocycles. The maximum absolute atomic E-state index is 11.6. The molecule has 5 heteroatoms. The summed E-state index contributed by atoms with van der Waals surface area (Å²) in [5, 5.41) is 3.64. The molecule has 0 bridgehead atoms. The van der Waals surface area contributed by atoms with Crippen LogP contribution in [0.15, 0.2) is 59.8 Å². The Balaban J connectivity index is 2.35. The van der Waals surface area contributed by atoms with Crippen LogP contribution in [-0.4, -0.2) is 19.2 Å². The van der Waals surface area contributed by atoms with Crippen molar-refractivity contribution in [2.75, 3.05) is 7.11 Å². The number of benzene rings is 2. The molecule has 108 valence electrons. The van der Waals surface area contributed by atoms with Gasteiger partial charge in [0.25, 0.3) is 0 Å². The number of amides is 1. The summed E-state index contributed by atoms with van der Waals surface area (Å²) in [5.74, 6) is -0.0170. The van der Waals surface area contributed by atoms with Crippen LogP contribution in [0.5, 0.6) is 11.5 Å². The first-order valence-corrected chi connectivity index (χ1v) is 6.40. The van der Waals surface area contributed by atoms with Gasteiger partial charge >= 0.3 is 0 Å². The quantitative estimate of drug-likeness (QED) is 0.654. The Hall–Kier alpha value is -2.82. The van der Waals surface area contributed by atoms with Crippen molar-refractivity contribution in [3.05, 3.63) is 60.2 Å². The molecule has 0 spiro atoms. The van der Waals surface area contributed by atoms with Gasteiger partial charge in [-0.1, -0.05) is 41.6 Å². The van der Waals surface area contributed by atoms with Gasteiger partial charge in [0, 0.05) is 5.56 Å². The van der Waals surface area contributed by atoms with Crippen molar-refractivity contribution in [3.63, 3.8) is 0 Å². The first-order chi connectivity index (χ1) is 10.2. The molecule has 0 radical (unpaired) electrons. The van der Waals surface area contributed by atoms with E-state index in [1.165, 1.54) is 13.3 Å². The van der Waals surface area contributed by atoms with Crippen LogP contribution in [0.3, 0.4) is 0 Å². The normalized spacial score (nSPS) is 12.0. The highest BCUT2D eigenvalue weighted by atomic mass is 16.6. The van der Waals surface area contributed by atoms with Gasteiger partial charge < -0.3 is 15.3 Å². The number of rotatable bonds is 6. The molecule has 0 aliphatic rings. The van der Waals surface area contributed by atoms with E-state index >= 15 is 0 Å². The predicted molar refractivity (Wildman–Crippen MR) is 80.4 cm³/mol. The molecule has 1 amide bonds. The lowest BCUT2D eigenvalue weighted by Gasteiger charge is -2.14. The minimum atomic E-state index is -0.718. The zero-order valence-electron chi connectivity index (χ0n) is 11.6. The molecule has 0 saturated carbocycles. The fourth-order valence-corrected chi connectivity index (χ4v) is 1.87. The topological polar surface area (TPSA) is 73.9 Å².